The Morgan fingerprint density at radius 3 is 2.53 bits per heavy atom. The SMILES string of the molecule is Cc1nc(C)n(-c2cc([C@H]3C[C@@H]3c3nc4ccccc4n3C)nc(NC(C)C)n2)n1. The summed E-state index contributed by atoms with van der Waals surface area (Å²) < 4.78 is 4.00. The number of aromatic nitrogens is 7. The minimum Gasteiger partial charge on any atom is -0.352 e. The van der Waals surface area contributed by atoms with Crippen molar-refractivity contribution >= 4 is 17.0 Å². The number of hydrogen-bond donors (Lipinski definition) is 1. The molecule has 0 radical (unpaired) electrons. The van der Waals surface area contributed by atoms with Crippen LogP contribution in [-0.4, -0.2) is 40.3 Å². The number of para-hydroxylation sites is 2. The van der Waals surface area contributed by atoms with Gasteiger partial charge in [0.05, 0.1) is 16.7 Å². The Hall–Kier alpha value is -3.29. The highest BCUT2D eigenvalue weighted by Gasteiger charge is 2.44. The molecule has 1 aromatic carbocycles. The third-order valence-electron chi connectivity index (χ3n) is 5.57. The first kappa shape index (κ1) is 18.7. The van der Waals surface area contributed by atoms with Gasteiger partial charge >= 0.3 is 0 Å². The number of hydrogen-bond acceptors (Lipinski definition) is 6. The molecule has 154 valence electrons. The molecule has 2 atom stereocenters. The Labute approximate surface area is 175 Å². The molecule has 0 unspecified atom stereocenters. The molecule has 8 heteroatoms. The van der Waals surface area contributed by atoms with E-state index in [1.165, 1.54) is 0 Å². The van der Waals surface area contributed by atoms with Crippen molar-refractivity contribution in [3.05, 3.63) is 53.5 Å². The van der Waals surface area contributed by atoms with Gasteiger partial charge in [0, 0.05) is 31.0 Å². The minimum absolute atomic E-state index is 0.238. The molecular weight excluding hydrogens is 376 g/mol. The number of rotatable bonds is 5. The molecule has 0 aliphatic heterocycles. The molecule has 3 aromatic heterocycles. The minimum atomic E-state index is 0.238. The van der Waals surface area contributed by atoms with Crippen molar-refractivity contribution in [1.29, 1.82) is 0 Å². The van der Waals surface area contributed by atoms with Crippen LogP contribution in [0.25, 0.3) is 16.9 Å². The summed E-state index contributed by atoms with van der Waals surface area (Å²) in [6.07, 6.45) is 1.03. The van der Waals surface area contributed by atoms with Crippen LogP contribution in [-0.2, 0) is 7.05 Å². The molecule has 1 N–H and O–H groups in total. The first-order valence-corrected chi connectivity index (χ1v) is 10.4. The fraction of sp³-hybridized carbons (Fsp3) is 0.409. The first-order chi connectivity index (χ1) is 14.4. The van der Waals surface area contributed by atoms with Crippen LogP contribution in [0.2, 0.25) is 0 Å². The van der Waals surface area contributed by atoms with Gasteiger partial charge in [-0.05, 0) is 46.2 Å². The lowest BCUT2D eigenvalue weighted by Crippen LogP contribution is -2.15. The van der Waals surface area contributed by atoms with Crippen molar-refractivity contribution in [2.75, 3.05) is 5.32 Å². The van der Waals surface area contributed by atoms with E-state index in [0.29, 0.717) is 17.8 Å². The highest BCUT2D eigenvalue weighted by Crippen LogP contribution is 2.54. The van der Waals surface area contributed by atoms with E-state index in [1.807, 2.05) is 26.0 Å². The van der Waals surface area contributed by atoms with Crippen LogP contribution in [0, 0.1) is 13.8 Å². The van der Waals surface area contributed by atoms with Crippen LogP contribution in [0.1, 0.15) is 55.3 Å². The van der Waals surface area contributed by atoms with Gasteiger partial charge in [-0.25, -0.2) is 15.0 Å². The summed E-state index contributed by atoms with van der Waals surface area (Å²) in [7, 11) is 2.10. The van der Waals surface area contributed by atoms with E-state index >= 15 is 0 Å². The van der Waals surface area contributed by atoms with Crippen molar-refractivity contribution in [2.24, 2.45) is 7.05 Å². The maximum atomic E-state index is 4.90. The fourth-order valence-electron chi connectivity index (χ4n) is 4.11. The van der Waals surface area contributed by atoms with Crippen molar-refractivity contribution in [3.8, 4) is 5.82 Å². The Morgan fingerprint density at radius 2 is 1.83 bits per heavy atom. The van der Waals surface area contributed by atoms with Gasteiger partial charge in [0.2, 0.25) is 5.95 Å². The smallest absolute Gasteiger partial charge is 0.225 e. The maximum absolute atomic E-state index is 4.90. The van der Waals surface area contributed by atoms with Gasteiger partial charge in [-0.1, -0.05) is 12.1 Å². The monoisotopic (exact) mass is 402 g/mol. The molecule has 1 aliphatic carbocycles. The van der Waals surface area contributed by atoms with E-state index in [1.54, 1.807) is 4.68 Å². The van der Waals surface area contributed by atoms with Crippen molar-refractivity contribution in [3.63, 3.8) is 0 Å². The molecule has 4 aromatic rings. The van der Waals surface area contributed by atoms with Gasteiger partial charge in [-0.2, -0.15) is 9.67 Å². The lowest BCUT2D eigenvalue weighted by molar-refractivity contribution is 0.772. The number of aryl methyl sites for hydroxylation is 3. The Kier molecular flexibility index (Phi) is 4.30. The second kappa shape index (κ2) is 6.90. The average molecular weight is 403 g/mol. The second-order valence-electron chi connectivity index (χ2n) is 8.36. The fourth-order valence-corrected chi connectivity index (χ4v) is 4.11. The first-order valence-electron chi connectivity index (χ1n) is 10.4. The van der Waals surface area contributed by atoms with E-state index in [0.717, 1.165) is 46.4 Å². The molecule has 1 saturated carbocycles. The number of nitrogens with one attached hydrogen (secondary N) is 1. The third-order valence-corrected chi connectivity index (χ3v) is 5.57. The zero-order valence-corrected chi connectivity index (χ0v) is 18.0. The lowest BCUT2D eigenvalue weighted by atomic mass is 10.2. The molecule has 0 bridgehead atoms. The van der Waals surface area contributed by atoms with Gasteiger partial charge < -0.3 is 9.88 Å². The molecule has 0 spiro atoms. The van der Waals surface area contributed by atoms with Crippen LogP contribution in [0.3, 0.4) is 0 Å². The van der Waals surface area contributed by atoms with E-state index in [4.69, 9.17) is 15.0 Å². The molecule has 8 nitrogen and oxygen atoms in total. The number of nitrogens with zero attached hydrogens (tertiary/aromatic N) is 7. The summed E-state index contributed by atoms with van der Waals surface area (Å²) >= 11 is 0. The van der Waals surface area contributed by atoms with E-state index < -0.39 is 0 Å². The Balaban J connectivity index is 1.53. The largest absolute Gasteiger partial charge is 0.352 e. The zero-order valence-electron chi connectivity index (χ0n) is 18.0. The maximum Gasteiger partial charge on any atom is 0.225 e. The van der Waals surface area contributed by atoms with Crippen LogP contribution in [0.15, 0.2) is 30.3 Å². The van der Waals surface area contributed by atoms with E-state index in [-0.39, 0.29) is 6.04 Å². The normalized spacial score (nSPS) is 18.3. The van der Waals surface area contributed by atoms with Crippen molar-refractivity contribution < 1.29 is 0 Å². The van der Waals surface area contributed by atoms with Gasteiger partial charge in [-0.3, -0.25) is 0 Å². The summed E-state index contributed by atoms with van der Waals surface area (Å²) in [5.74, 6) is 4.71. The molecular formula is C22H26N8. The molecule has 30 heavy (non-hydrogen) atoms. The summed E-state index contributed by atoms with van der Waals surface area (Å²) in [5.41, 5.74) is 3.23. The van der Waals surface area contributed by atoms with Crippen LogP contribution >= 0.6 is 0 Å². The predicted molar refractivity (Wildman–Crippen MR) is 116 cm³/mol. The van der Waals surface area contributed by atoms with Gasteiger partial charge in [0.1, 0.15) is 17.5 Å². The molecule has 0 saturated heterocycles. The van der Waals surface area contributed by atoms with Gasteiger partial charge in [-0.15, -0.1) is 5.10 Å². The molecule has 3 heterocycles. The Morgan fingerprint density at radius 1 is 1.03 bits per heavy atom. The zero-order chi connectivity index (χ0) is 21.0. The van der Waals surface area contributed by atoms with Crippen LogP contribution in [0.4, 0.5) is 5.95 Å². The van der Waals surface area contributed by atoms with Crippen molar-refractivity contribution in [1.82, 2.24) is 34.3 Å². The number of fused-ring (bicyclic) bond motifs is 1. The quantitative estimate of drug-likeness (QED) is 0.548. The lowest BCUT2D eigenvalue weighted by Gasteiger charge is -2.12. The van der Waals surface area contributed by atoms with Gasteiger partial charge in [0.15, 0.2) is 5.82 Å². The summed E-state index contributed by atoms with van der Waals surface area (Å²) in [4.78, 5) is 18.9. The average Bonchev–Trinajstić information content (AvgIpc) is 3.32. The highest BCUT2D eigenvalue weighted by atomic mass is 15.4. The highest BCUT2D eigenvalue weighted by molar-refractivity contribution is 5.76. The number of benzene rings is 1. The topological polar surface area (TPSA) is 86.3 Å². The van der Waals surface area contributed by atoms with Gasteiger partial charge in [0.25, 0.3) is 0 Å². The molecule has 5 rings (SSSR count). The standard InChI is InChI=1S/C22H26N8/c1-12(2)23-22-26-18(11-20(27-22)30-14(4)24-13(3)28-30)15-10-16(15)21-25-17-8-6-7-9-19(17)29(21)5/h6-9,11-12,15-16H,10H2,1-5H3,(H,23,26,27)/t15-,16-/m0/s1. The predicted octanol–water partition coefficient (Wildman–Crippen LogP) is 3.65. The molecule has 1 fully saturated rings. The summed E-state index contributed by atoms with van der Waals surface area (Å²) in [6.45, 7) is 8.00. The van der Waals surface area contributed by atoms with Crippen molar-refractivity contribution in [2.45, 2.75) is 52.0 Å². The van der Waals surface area contributed by atoms with E-state index in [9.17, 15) is 0 Å². The van der Waals surface area contributed by atoms with Crippen LogP contribution < -0.4 is 5.32 Å². The summed E-state index contributed by atoms with van der Waals surface area (Å²) in [5, 5.41) is 7.86. The Bertz CT molecular complexity index is 1240. The van der Waals surface area contributed by atoms with E-state index in [2.05, 4.69) is 59.1 Å². The second-order valence-corrected chi connectivity index (χ2v) is 8.36. The summed E-state index contributed by atoms with van der Waals surface area (Å²) in [6, 6.07) is 10.6. The third kappa shape index (κ3) is 3.22. The van der Waals surface area contributed by atoms with Crippen LogP contribution in [0.5, 0.6) is 0 Å². The number of anilines is 1. The number of imidazole rings is 1. The molecule has 1 aliphatic rings. The molecule has 0 amide bonds.